The maximum atomic E-state index is 14.3. The van der Waals surface area contributed by atoms with E-state index in [4.69, 9.17) is 23.6 Å². The van der Waals surface area contributed by atoms with E-state index in [1.165, 1.54) is 4.90 Å². The number of pyridine rings is 1. The molecular formula is C38H47N5O9S. The van der Waals surface area contributed by atoms with Gasteiger partial charge in [-0.05, 0) is 64.5 Å². The van der Waals surface area contributed by atoms with Gasteiger partial charge in [0.1, 0.15) is 47.2 Å². The number of aryl methyl sites for hydroxylation is 1. The molecule has 1 aromatic carbocycles. The number of hydrogen-bond acceptors (Lipinski definition) is 11. The van der Waals surface area contributed by atoms with Gasteiger partial charge < -0.3 is 28.8 Å². The zero-order valence-corrected chi connectivity index (χ0v) is 31.5. The van der Waals surface area contributed by atoms with E-state index in [2.05, 4.69) is 15.0 Å². The molecule has 1 saturated heterocycles. The smallest absolute Gasteiger partial charge is 0.259 e. The molecule has 7 rings (SSSR count). The summed E-state index contributed by atoms with van der Waals surface area (Å²) in [6.45, 7) is 7.98. The molecule has 2 aromatic heterocycles. The number of fused-ring (bicyclic) bond motifs is 3. The van der Waals surface area contributed by atoms with Gasteiger partial charge in [0.2, 0.25) is 15.9 Å². The molecule has 3 fully saturated rings. The first-order valence-corrected chi connectivity index (χ1v) is 19.9. The summed E-state index contributed by atoms with van der Waals surface area (Å²) >= 11 is 0. The van der Waals surface area contributed by atoms with Gasteiger partial charge >= 0.3 is 0 Å². The highest BCUT2D eigenvalue weighted by Gasteiger charge is 2.62. The Bertz CT molecular complexity index is 2060. The Kier molecular flexibility index (Phi) is 10.00. The van der Waals surface area contributed by atoms with E-state index in [0.717, 1.165) is 24.8 Å². The zero-order chi connectivity index (χ0) is 37.7. The van der Waals surface area contributed by atoms with Crippen molar-refractivity contribution in [2.24, 2.45) is 5.92 Å². The molecule has 2 saturated carbocycles. The minimum Gasteiger partial charge on any atom is -0.496 e. The van der Waals surface area contributed by atoms with E-state index in [1.807, 2.05) is 45.1 Å². The number of carbonyl (C=O) groups is 3. The second-order valence-corrected chi connectivity index (χ2v) is 16.8. The lowest BCUT2D eigenvalue weighted by Gasteiger charge is -2.28. The van der Waals surface area contributed by atoms with Crippen molar-refractivity contribution >= 4 is 38.6 Å². The van der Waals surface area contributed by atoms with E-state index in [0.29, 0.717) is 59.1 Å². The number of rotatable bonds is 8. The molecule has 0 radical (unpaired) electrons. The summed E-state index contributed by atoms with van der Waals surface area (Å²) in [6.07, 6.45) is 7.49. The summed E-state index contributed by atoms with van der Waals surface area (Å²) in [5.74, 6) is -0.338. The Labute approximate surface area is 309 Å². The van der Waals surface area contributed by atoms with E-state index >= 15 is 0 Å². The van der Waals surface area contributed by atoms with Crippen LogP contribution in [0.15, 0.2) is 41.0 Å². The van der Waals surface area contributed by atoms with Crippen LogP contribution < -0.4 is 19.5 Å². The average Bonchev–Trinajstić information content (AvgIpc) is 4.00. The molecule has 4 heterocycles. The largest absolute Gasteiger partial charge is 0.496 e. The summed E-state index contributed by atoms with van der Waals surface area (Å²) < 4.78 is 51.7. The number of benzene rings is 1. The standard InChI is InChI=1S/C38H47N5O9S/c1-21(2)35-40-29(20-51-35)28-17-32(27-13-14-31(49-5)22(3)33(27)39-28)52-25-16-30-34(44)41-38(37(46)42-53(47,48)26-11-12-26)18-24(38)10-8-6-7-9-15-50-23(4)36(45)43(30)19-25/h8,10,13-14,17,20-21,23-26,30H,6-7,9,11-12,15-16,18-19H2,1-5H3,(H,41,44)(H,42,46). The van der Waals surface area contributed by atoms with Crippen molar-refractivity contribution in [3.63, 3.8) is 0 Å². The molecule has 3 amide bonds. The van der Waals surface area contributed by atoms with Crippen LogP contribution in [0, 0.1) is 12.8 Å². The van der Waals surface area contributed by atoms with Crippen LogP contribution >= 0.6 is 0 Å². The predicted octanol–water partition coefficient (Wildman–Crippen LogP) is 4.31. The van der Waals surface area contributed by atoms with Crippen molar-refractivity contribution in [1.82, 2.24) is 24.9 Å². The van der Waals surface area contributed by atoms with Gasteiger partial charge in [0.15, 0.2) is 5.89 Å². The molecule has 2 N–H and O–H groups in total. The zero-order valence-electron chi connectivity index (χ0n) is 30.7. The topological polar surface area (TPSA) is 179 Å². The third-order valence-electron chi connectivity index (χ3n) is 10.6. The minimum atomic E-state index is -3.86. The fourth-order valence-corrected chi connectivity index (χ4v) is 8.57. The predicted molar refractivity (Wildman–Crippen MR) is 195 cm³/mol. The molecule has 0 spiro atoms. The summed E-state index contributed by atoms with van der Waals surface area (Å²) in [7, 11) is -2.27. The number of methoxy groups -OCH3 is 1. The number of hydrogen-bond donors (Lipinski definition) is 2. The summed E-state index contributed by atoms with van der Waals surface area (Å²) in [4.78, 5) is 52.9. The number of aromatic nitrogens is 2. The van der Waals surface area contributed by atoms with Crippen molar-refractivity contribution in [2.75, 3.05) is 20.3 Å². The van der Waals surface area contributed by atoms with Crippen LogP contribution in [0.25, 0.3) is 22.3 Å². The first-order chi connectivity index (χ1) is 25.3. The molecule has 15 heteroatoms. The number of nitrogens with one attached hydrogen (secondary N) is 2. The molecule has 3 aromatic rings. The van der Waals surface area contributed by atoms with E-state index in [1.54, 1.807) is 26.4 Å². The van der Waals surface area contributed by atoms with Crippen LogP contribution in [0.2, 0.25) is 0 Å². The van der Waals surface area contributed by atoms with Gasteiger partial charge in [0.05, 0.1) is 30.1 Å². The Morgan fingerprint density at radius 3 is 2.64 bits per heavy atom. The number of ether oxygens (including phenoxy) is 3. The van der Waals surface area contributed by atoms with Gasteiger partial charge in [-0.25, -0.2) is 18.4 Å². The molecule has 14 nitrogen and oxygen atoms in total. The van der Waals surface area contributed by atoms with Gasteiger partial charge in [-0.2, -0.15) is 0 Å². The molecule has 284 valence electrons. The second-order valence-electron chi connectivity index (χ2n) is 14.9. The van der Waals surface area contributed by atoms with Crippen LogP contribution in [0.5, 0.6) is 11.5 Å². The first-order valence-electron chi connectivity index (χ1n) is 18.4. The molecule has 2 aliphatic heterocycles. The van der Waals surface area contributed by atoms with Gasteiger partial charge in [-0.1, -0.05) is 26.0 Å². The minimum absolute atomic E-state index is 0.0656. The highest BCUT2D eigenvalue weighted by atomic mass is 32.2. The molecular weight excluding hydrogens is 703 g/mol. The summed E-state index contributed by atoms with van der Waals surface area (Å²) in [6, 6.07) is 4.45. The molecule has 5 unspecified atom stereocenters. The average molecular weight is 750 g/mol. The lowest BCUT2D eigenvalue weighted by Crippen LogP contribution is -2.57. The van der Waals surface area contributed by atoms with Crippen LogP contribution in [0.3, 0.4) is 0 Å². The number of amides is 3. The first kappa shape index (κ1) is 36.8. The Morgan fingerprint density at radius 1 is 1.13 bits per heavy atom. The Morgan fingerprint density at radius 2 is 1.92 bits per heavy atom. The molecule has 0 bridgehead atoms. The monoisotopic (exact) mass is 749 g/mol. The van der Waals surface area contributed by atoms with E-state index in [-0.39, 0.29) is 31.2 Å². The molecule has 2 aliphatic carbocycles. The number of carbonyl (C=O) groups excluding carboxylic acids is 3. The maximum absolute atomic E-state index is 14.3. The van der Waals surface area contributed by atoms with Gasteiger partial charge in [0, 0.05) is 41.9 Å². The third kappa shape index (κ3) is 7.37. The fraction of sp³-hybridized carbons (Fsp3) is 0.553. The summed E-state index contributed by atoms with van der Waals surface area (Å²) in [5.41, 5.74) is 1.03. The van der Waals surface area contributed by atoms with Gasteiger partial charge in [0.25, 0.3) is 11.8 Å². The van der Waals surface area contributed by atoms with E-state index < -0.39 is 56.8 Å². The fourth-order valence-electron chi connectivity index (χ4n) is 7.21. The second kappa shape index (κ2) is 14.4. The SMILES string of the molecule is COc1ccc2c(OC3CC4C(=O)NC5(C(=O)NS(=O)(=O)C6CC6)CC5C=CCCCCOC(C)C(=O)N4C3)cc(-c3coc(C(C)C)n3)nc2c1C. The Hall–Kier alpha value is -4.50. The lowest BCUT2D eigenvalue weighted by molar-refractivity contribution is -0.147. The number of allylic oxidation sites excluding steroid dienone is 1. The quantitative estimate of drug-likeness (QED) is 0.314. The highest BCUT2D eigenvalue weighted by molar-refractivity contribution is 7.91. The number of oxazole rings is 1. The van der Waals surface area contributed by atoms with Crippen LogP contribution in [0.4, 0.5) is 0 Å². The van der Waals surface area contributed by atoms with Crippen molar-refractivity contribution in [2.45, 2.75) is 108 Å². The van der Waals surface area contributed by atoms with Crippen molar-refractivity contribution in [3.05, 3.63) is 48.1 Å². The summed E-state index contributed by atoms with van der Waals surface area (Å²) in [5, 5.41) is 3.00. The van der Waals surface area contributed by atoms with Crippen LogP contribution in [-0.4, -0.2) is 90.3 Å². The van der Waals surface area contributed by atoms with Crippen molar-refractivity contribution < 1.29 is 41.4 Å². The van der Waals surface area contributed by atoms with E-state index in [9.17, 15) is 22.8 Å². The lowest BCUT2D eigenvalue weighted by atomic mass is 10.1. The van der Waals surface area contributed by atoms with Crippen LogP contribution in [-0.2, 0) is 29.1 Å². The van der Waals surface area contributed by atoms with Crippen LogP contribution in [0.1, 0.15) is 83.1 Å². The number of sulfonamides is 1. The maximum Gasteiger partial charge on any atom is 0.259 e. The van der Waals surface area contributed by atoms with Gasteiger partial charge in [-0.15, -0.1) is 0 Å². The van der Waals surface area contributed by atoms with Crippen molar-refractivity contribution in [1.29, 1.82) is 0 Å². The van der Waals surface area contributed by atoms with Gasteiger partial charge in [-0.3, -0.25) is 19.1 Å². The third-order valence-corrected chi connectivity index (χ3v) is 12.4. The highest BCUT2D eigenvalue weighted by Crippen LogP contribution is 2.46. The molecule has 53 heavy (non-hydrogen) atoms. The molecule has 5 atom stereocenters. The number of nitrogens with zero attached hydrogens (tertiary/aromatic N) is 3. The molecule has 4 aliphatic rings. The normalized spacial score (nSPS) is 26.7. The van der Waals surface area contributed by atoms with Crippen molar-refractivity contribution in [3.8, 4) is 22.9 Å². The Balaban J connectivity index is 1.21.